The Morgan fingerprint density at radius 1 is 0.269 bits per heavy atom. The number of fused-ring (bicyclic) bond motifs is 4. The van der Waals surface area contributed by atoms with Crippen LogP contribution in [-0.4, -0.2) is 15.0 Å². The first kappa shape index (κ1) is 40.0. The van der Waals surface area contributed by atoms with E-state index in [1.165, 1.54) is 27.8 Å². The first-order valence-corrected chi connectivity index (χ1v) is 23.0. The zero-order valence-corrected chi connectivity index (χ0v) is 37.4. The predicted molar refractivity (Wildman–Crippen MR) is 278 cm³/mol. The van der Waals surface area contributed by atoms with Crippen molar-refractivity contribution in [2.24, 2.45) is 0 Å². The minimum atomic E-state index is -0.160. The van der Waals surface area contributed by atoms with E-state index in [-0.39, 0.29) is 5.41 Å². The number of benzene rings is 9. The van der Waals surface area contributed by atoms with Crippen LogP contribution < -0.4 is 0 Å². The highest BCUT2D eigenvalue weighted by Gasteiger charge is 2.36. The number of hydrogen-bond donors (Lipinski definition) is 0. The highest BCUT2D eigenvalue weighted by molar-refractivity contribution is 6.02. The molecule has 0 bridgehead atoms. The lowest BCUT2D eigenvalue weighted by Gasteiger charge is -2.22. The van der Waals surface area contributed by atoms with E-state index in [1.54, 1.807) is 0 Å². The fourth-order valence-electron chi connectivity index (χ4n) is 9.97. The van der Waals surface area contributed by atoms with Crippen molar-refractivity contribution in [1.29, 1.82) is 0 Å². The van der Waals surface area contributed by atoms with Crippen LogP contribution in [0.4, 0.5) is 0 Å². The molecule has 0 fully saturated rings. The Bertz CT molecular complexity index is 3550. The van der Waals surface area contributed by atoms with Gasteiger partial charge >= 0.3 is 0 Å². The molecule has 0 aliphatic heterocycles. The summed E-state index contributed by atoms with van der Waals surface area (Å²) in [7, 11) is 0. The normalized spacial score (nSPS) is 12.4. The van der Waals surface area contributed by atoms with Crippen LogP contribution in [0.2, 0.25) is 0 Å². The Balaban J connectivity index is 1.04. The molecule has 316 valence electrons. The summed E-state index contributed by atoms with van der Waals surface area (Å²) >= 11 is 0. The molecule has 1 aliphatic carbocycles. The average molecular weight is 856 g/mol. The molecule has 0 atom stereocenters. The molecule has 0 amide bonds. The summed E-state index contributed by atoms with van der Waals surface area (Å²) in [6.45, 7) is 4.67. The second-order valence-corrected chi connectivity index (χ2v) is 18.0. The van der Waals surface area contributed by atoms with Crippen LogP contribution in [0.25, 0.3) is 112 Å². The van der Waals surface area contributed by atoms with Crippen LogP contribution in [0.1, 0.15) is 25.0 Å². The maximum atomic E-state index is 5.48. The minimum absolute atomic E-state index is 0.160. The zero-order valence-electron chi connectivity index (χ0n) is 37.4. The molecular weight excluding hydrogens is 811 g/mol. The molecule has 0 N–H and O–H groups in total. The molecule has 11 aromatic rings. The molecule has 9 aromatic carbocycles. The lowest BCUT2D eigenvalue weighted by Crippen LogP contribution is -2.14. The summed E-state index contributed by atoms with van der Waals surface area (Å²) in [4.78, 5) is 16.2. The van der Waals surface area contributed by atoms with Gasteiger partial charge < -0.3 is 0 Å². The van der Waals surface area contributed by atoms with E-state index in [1.807, 2.05) is 0 Å². The molecule has 2 aromatic heterocycles. The van der Waals surface area contributed by atoms with E-state index in [0.29, 0.717) is 5.82 Å². The Kier molecular flexibility index (Phi) is 9.84. The fraction of sp³-hybridized carbons (Fsp3) is 0.0469. The van der Waals surface area contributed by atoms with Gasteiger partial charge in [0.15, 0.2) is 5.82 Å². The summed E-state index contributed by atoms with van der Waals surface area (Å²) in [5.41, 5.74) is 21.8. The van der Waals surface area contributed by atoms with Gasteiger partial charge in [-0.05, 0) is 115 Å². The number of nitrogens with zero attached hydrogens (tertiary/aromatic N) is 3. The van der Waals surface area contributed by atoms with Gasteiger partial charge in [-0.2, -0.15) is 0 Å². The van der Waals surface area contributed by atoms with Gasteiger partial charge in [0.1, 0.15) is 0 Å². The number of aromatic nitrogens is 3. The van der Waals surface area contributed by atoms with E-state index in [0.717, 1.165) is 89.2 Å². The first-order chi connectivity index (χ1) is 32.9. The van der Waals surface area contributed by atoms with Crippen molar-refractivity contribution >= 4 is 10.9 Å². The van der Waals surface area contributed by atoms with E-state index >= 15 is 0 Å². The largest absolute Gasteiger partial charge is 0.248 e. The van der Waals surface area contributed by atoms with Gasteiger partial charge in [0.05, 0.1) is 22.6 Å². The van der Waals surface area contributed by atoms with Crippen LogP contribution in [0.3, 0.4) is 0 Å². The van der Waals surface area contributed by atoms with E-state index < -0.39 is 0 Å². The van der Waals surface area contributed by atoms with E-state index in [9.17, 15) is 0 Å². The molecule has 3 nitrogen and oxygen atoms in total. The van der Waals surface area contributed by atoms with Crippen LogP contribution in [0, 0.1) is 0 Å². The lowest BCUT2D eigenvalue weighted by molar-refractivity contribution is 0.661. The van der Waals surface area contributed by atoms with Crippen LogP contribution in [0.5, 0.6) is 0 Å². The van der Waals surface area contributed by atoms with Crippen molar-refractivity contribution in [2.45, 2.75) is 19.3 Å². The standard InChI is InChI=1S/C64H45N3/c1-64(2)57-33-13-12-32-53(57)55-38-56-54(39-59(65-62(56)40-58(55)64)49-28-14-24-45(34-49)42-18-6-3-7-19-42)48-27-17-31-52(37-48)63-66-60(50-29-15-25-46(35-50)43-20-8-4-9-21-43)41-61(67-63)51-30-16-26-47(36-51)44-22-10-5-11-23-44/h3-41H,1-2H3. The Labute approximate surface area is 391 Å². The van der Waals surface area contributed by atoms with Gasteiger partial charge in [-0.1, -0.05) is 202 Å². The second-order valence-electron chi connectivity index (χ2n) is 18.0. The molecule has 0 saturated carbocycles. The van der Waals surface area contributed by atoms with Crippen LogP contribution in [0.15, 0.2) is 237 Å². The van der Waals surface area contributed by atoms with Gasteiger partial charge in [0.2, 0.25) is 0 Å². The van der Waals surface area contributed by atoms with Gasteiger partial charge in [0, 0.05) is 33.1 Å². The molecule has 0 unspecified atom stereocenters. The van der Waals surface area contributed by atoms with Crippen molar-refractivity contribution < 1.29 is 0 Å². The molecule has 0 spiro atoms. The Hall–Kier alpha value is -8.53. The fourth-order valence-corrected chi connectivity index (χ4v) is 9.97. The zero-order chi connectivity index (χ0) is 44.9. The molecule has 3 heteroatoms. The first-order valence-electron chi connectivity index (χ1n) is 23.0. The second kappa shape index (κ2) is 16.5. The third kappa shape index (κ3) is 7.41. The highest BCUT2D eigenvalue weighted by Crippen LogP contribution is 2.51. The Morgan fingerprint density at radius 2 is 0.687 bits per heavy atom. The topological polar surface area (TPSA) is 38.7 Å². The van der Waals surface area contributed by atoms with Crippen molar-refractivity contribution in [3.8, 4) is 101 Å². The van der Waals surface area contributed by atoms with Gasteiger partial charge in [-0.3, -0.25) is 0 Å². The summed E-state index contributed by atoms with van der Waals surface area (Å²) < 4.78 is 0. The quantitative estimate of drug-likeness (QED) is 0.153. The summed E-state index contributed by atoms with van der Waals surface area (Å²) in [5.74, 6) is 0.662. The molecule has 0 radical (unpaired) electrons. The molecule has 1 aliphatic rings. The van der Waals surface area contributed by atoms with Crippen molar-refractivity contribution in [3.05, 3.63) is 248 Å². The van der Waals surface area contributed by atoms with E-state index in [4.69, 9.17) is 15.0 Å². The number of rotatable bonds is 8. The third-order valence-electron chi connectivity index (χ3n) is 13.5. The maximum absolute atomic E-state index is 5.48. The van der Waals surface area contributed by atoms with Gasteiger partial charge in [-0.15, -0.1) is 0 Å². The molecule has 0 saturated heterocycles. The third-order valence-corrected chi connectivity index (χ3v) is 13.5. The molecule has 12 rings (SSSR count). The summed E-state index contributed by atoms with van der Waals surface area (Å²) in [5, 5.41) is 1.11. The SMILES string of the molecule is CC1(C)c2ccccc2-c2cc3c(-c4cccc(-c5nc(-c6cccc(-c7ccccc7)c6)cc(-c6cccc(-c7ccccc7)c6)n5)c4)cc(-c4cccc(-c5ccccc5)c4)nc3cc21. The van der Waals surface area contributed by atoms with Gasteiger partial charge in [0.25, 0.3) is 0 Å². The van der Waals surface area contributed by atoms with Crippen LogP contribution in [-0.2, 0) is 5.41 Å². The number of hydrogen-bond acceptors (Lipinski definition) is 3. The highest BCUT2D eigenvalue weighted by atomic mass is 14.9. The molecular formula is C64H45N3. The Morgan fingerprint density at radius 3 is 1.22 bits per heavy atom. The predicted octanol–water partition coefficient (Wildman–Crippen LogP) is 16.7. The van der Waals surface area contributed by atoms with Crippen LogP contribution >= 0.6 is 0 Å². The average Bonchev–Trinajstić information content (AvgIpc) is 3.63. The monoisotopic (exact) mass is 855 g/mol. The van der Waals surface area contributed by atoms with E-state index in [2.05, 4.69) is 250 Å². The molecule has 2 heterocycles. The smallest absolute Gasteiger partial charge is 0.160 e. The lowest BCUT2D eigenvalue weighted by atomic mass is 9.82. The minimum Gasteiger partial charge on any atom is -0.248 e. The maximum Gasteiger partial charge on any atom is 0.160 e. The summed E-state index contributed by atoms with van der Waals surface area (Å²) in [6, 6.07) is 84.4. The summed E-state index contributed by atoms with van der Waals surface area (Å²) in [6.07, 6.45) is 0. The van der Waals surface area contributed by atoms with Crippen molar-refractivity contribution in [1.82, 2.24) is 15.0 Å². The van der Waals surface area contributed by atoms with Crippen molar-refractivity contribution in [2.75, 3.05) is 0 Å². The van der Waals surface area contributed by atoms with Crippen molar-refractivity contribution in [3.63, 3.8) is 0 Å². The number of pyridine rings is 1. The van der Waals surface area contributed by atoms with Gasteiger partial charge in [-0.25, -0.2) is 15.0 Å². The molecule has 67 heavy (non-hydrogen) atoms.